The summed E-state index contributed by atoms with van der Waals surface area (Å²) in [4.78, 5) is 29.3. The minimum atomic E-state index is -0.299. The number of likely N-dealkylation sites (tertiary alicyclic amines) is 2. The molecule has 7 nitrogen and oxygen atoms in total. The predicted molar refractivity (Wildman–Crippen MR) is 99.5 cm³/mol. The number of piperidine rings is 1. The largest absolute Gasteiger partial charge is 0.354 e. The second-order valence-corrected chi connectivity index (χ2v) is 7.79. The summed E-state index contributed by atoms with van der Waals surface area (Å²) in [5, 5.41) is 7.16. The molecule has 0 aromatic carbocycles. The van der Waals surface area contributed by atoms with Gasteiger partial charge in [0.2, 0.25) is 11.8 Å². The van der Waals surface area contributed by atoms with E-state index in [1.165, 1.54) is 0 Å². The summed E-state index contributed by atoms with van der Waals surface area (Å²) in [6, 6.07) is 1.86. The fourth-order valence-electron chi connectivity index (χ4n) is 4.04. The normalized spacial score (nSPS) is 26.0. The maximum absolute atomic E-state index is 12.8. The molecule has 7 heteroatoms. The van der Waals surface area contributed by atoms with Gasteiger partial charge in [0, 0.05) is 38.1 Å². The second-order valence-electron chi connectivity index (χ2n) is 7.79. The number of nitrogens with zero attached hydrogens (tertiary/aromatic N) is 4. The molecule has 2 saturated heterocycles. The van der Waals surface area contributed by atoms with E-state index in [9.17, 15) is 9.59 Å². The lowest BCUT2D eigenvalue weighted by molar-refractivity contribution is -0.137. The highest BCUT2D eigenvalue weighted by molar-refractivity contribution is 5.80. The Kier molecular flexibility index (Phi) is 5.96. The van der Waals surface area contributed by atoms with Gasteiger partial charge in [-0.2, -0.15) is 5.10 Å². The SMILES string of the molecule is CC(C(=O)NCC1CCN(C(=O)[C@@H]2CCN(C)[C@@H]2C)CC1)n1cccn1. The van der Waals surface area contributed by atoms with Crippen LogP contribution < -0.4 is 5.32 Å². The first-order valence-electron chi connectivity index (χ1n) is 9.73. The zero-order valence-electron chi connectivity index (χ0n) is 16.1. The van der Waals surface area contributed by atoms with Crippen LogP contribution in [0.4, 0.5) is 0 Å². The van der Waals surface area contributed by atoms with Gasteiger partial charge in [0.25, 0.3) is 0 Å². The van der Waals surface area contributed by atoms with Crippen molar-refractivity contribution in [3.05, 3.63) is 18.5 Å². The lowest BCUT2D eigenvalue weighted by Gasteiger charge is -2.34. The van der Waals surface area contributed by atoms with Crippen molar-refractivity contribution in [2.45, 2.75) is 45.2 Å². The Morgan fingerprint density at radius 2 is 1.96 bits per heavy atom. The first-order valence-corrected chi connectivity index (χ1v) is 9.73. The highest BCUT2D eigenvalue weighted by Crippen LogP contribution is 2.26. The Morgan fingerprint density at radius 3 is 2.54 bits per heavy atom. The molecule has 26 heavy (non-hydrogen) atoms. The summed E-state index contributed by atoms with van der Waals surface area (Å²) in [5.41, 5.74) is 0. The fraction of sp³-hybridized carbons (Fsp3) is 0.737. The molecule has 1 aromatic rings. The number of carbonyl (C=O) groups excluding carboxylic acids is 2. The van der Waals surface area contributed by atoms with Crippen molar-refractivity contribution in [2.75, 3.05) is 33.2 Å². The van der Waals surface area contributed by atoms with E-state index in [0.717, 1.165) is 38.9 Å². The number of rotatable bonds is 5. The van der Waals surface area contributed by atoms with Crippen LogP contribution in [0.2, 0.25) is 0 Å². The molecule has 0 spiro atoms. The van der Waals surface area contributed by atoms with E-state index in [-0.39, 0.29) is 17.9 Å². The van der Waals surface area contributed by atoms with Gasteiger partial charge in [0.15, 0.2) is 0 Å². The number of amides is 2. The molecule has 1 unspecified atom stereocenters. The summed E-state index contributed by atoms with van der Waals surface area (Å²) < 4.78 is 1.66. The monoisotopic (exact) mass is 361 g/mol. The molecule has 0 saturated carbocycles. The van der Waals surface area contributed by atoms with Gasteiger partial charge >= 0.3 is 0 Å². The van der Waals surface area contributed by atoms with Crippen LogP contribution >= 0.6 is 0 Å². The molecule has 1 aromatic heterocycles. The average molecular weight is 361 g/mol. The minimum Gasteiger partial charge on any atom is -0.354 e. The van der Waals surface area contributed by atoms with Gasteiger partial charge in [-0.3, -0.25) is 14.3 Å². The summed E-state index contributed by atoms with van der Waals surface area (Å²) >= 11 is 0. The maximum Gasteiger partial charge on any atom is 0.244 e. The number of carbonyl (C=O) groups is 2. The fourth-order valence-corrected chi connectivity index (χ4v) is 4.04. The zero-order valence-corrected chi connectivity index (χ0v) is 16.1. The molecule has 3 heterocycles. The molecule has 0 bridgehead atoms. The smallest absolute Gasteiger partial charge is 0.244 e. The third-order valence-electron chi connectivity index (χ3n) is 6.18. The molecule has 2 aliphatic rings. The van der Waals surface area contributed by atoms with E-state index < -0.39 is 0 Å². The highest BCUT2D eigenvalue weighted by Gasteiger charge is 2.37. The molecule has 2 amide bonds. The van der Waals surface area contributed by atoms with E-state index in [4.69, 9.17) is 0 Å². The number of nitrogens with one attached hydrogen (secondary N) is 1. The summed E-state index contributed by atoms with van der Waals surface area (Å²) in [6.45, 7) is 7.30. The standard InChI is InChI=1S/C19H31N5O2/c1-14-17(7-10-22(14)3)19(26)23-11-5-16(6-12-23)13-20-18(25)15(2)24-9-4-8-21-24/h4,8-9,14-17H,5-7,10-13H2,1-3H3,(H,20,25)/t14-,15?,17-/m1/s1. The average Bonchev–Trinajstić information content (AvgIpc) is 3.30. The number of aromatic nitrogens is 2. The van der Waals surface area contributed by atoms with E-state index in [1.807, 2.05) is 17.9 Å². The zero-order chi connectivity index (χ0) is 18.7. The van der Waals surface area contributed by atoms with Crippen LogP contribution in [-0.2, 0) is 9.59 Å². The first kappa shape index (κ1) is 18.9. The lowest BCUT2D eigenvalue weighted by atomic mass is 9.94. The molecular weight excluding hydrogens is 330 g/mol. The van der Waals surface area contributed by atoms with E-state index in [0.29, 0.717) is 24.4 Å². The van der Waals surface area contributed by atoms with Crippen molar-refractivity contribution in [3.8, 4) is 0 Å². The van der Waals surface area contributed by atoms with Crippen LogP contribution in [0.25, 0.3) is 0 Å². The van der Waals surface area contributed by atoms with Crippen molar-refractivity contribution in [2.24, 2.45) is 11.8 Å². The molecule has 0 radical (unpaired) electrons. The number of hydrogen-bond donors (Lipinski definition) is 1. The van der Waals surface area contributed by atoms with Crippen molar-refractivity contribution in [3.63, 3.8) is 0 Å². The molecule has 144 valence electrons. The molecule has 3 atom stereocenters. The van der Waals surface area contributed by atoms with Crippen LogP contribution in [0, 0.1) is 11.8 Å². The van der Waals surface area contributed by atoms with Crippen LogP contribution in [0.15, 0.2) is 18.5 Å². The second kappa shape index (κ2) is 8.20. The van der Waals surface area contributed by atoms with Crippen LogP contribution in [0.1, 0.15) is 39.2 Å². The van der Waals surface area contributed by atoms with Gasteiger partial charge in [-0.15, -0.1) is 0 Å². The Balaban J connectivity index is 1.41. The Morgan fingerprint density at radius 1 is 1.23 bits per heavy atom. The molecule has 2 aliphatic heterocycles. The lowest BCUT2D eigenvalue weighted by Crippen LogP contribution is -2.46. The summed E-state index contributed by atoms with van der Waals surface area (Å²) in [5.74, 6) is 0.898. The quantitative estimate of drug-likeness (QED) is 0.854. The first-order chi connectivity index (χ1) is 12.5. The van der Waals surface area contributed by atoms with E-state index >= 15 is 0 Å². The van der Waals surface area contributed by atoms with Crippen molar-refractivity contribution in [1.29, 1.82) is 0 Å². The van der Waals surface area contributed by atoms with Gasteiger partial charge in [-0.25, -0.2) is 0 Å². The third kappa shape index (κ3) is 4.09. The van der Waals surface area contributed by atoms with Crippen molar-refractivity contribution < 1.29 is 9.59 Å². The molecule has 1 N–H and O–H groups in total. The molecule has 0 aliphatic carbocycles. The highest BCUT2D eigenvalue weighted by atomic mass is 16.2. The van der Waals surface area contributed by atoms with Crippen LogP contribution in [0.3, 0.4) is 0 Å². The maximum atomic E-state index is 12.8. The van der Waals surface area contributed by atoms with Gasteiger partial charge in [0.05, 0.1) is 5.92 Å². The van der Waals surface area contributed by atoms with Crippen molar-refractivity contribution in [1.82, 2.24) is 24.9 Å². The molecule has 3 rings (SSSR count). The van der Waals surface area contributed by atoms with Gasteiger partial charge < -0.3 is 15.1 Å². The van der Waals surface area contributed by atoms with Gasteiger partial charge in [-0.05, 0) is 58.7 Å². The summed E-state index contributed by atoms with van der Waals surface area (Å²) in [7, 11) is 2.09. The van der Waals surface area contributed by atoms with E-state index in [1.54, 1.807) is 17.1 Å². The molecular formula is C19H31N5O2. The molecule has 2 fully saturated rings. The minimum absolute atomic E-state index is 0.00461. The Bertz CT molecular complexity index is 609. The van der Waals surface area contributed by atoms with Crippen LogP contribution in [-0.4, -0.2) is 70.7 Å². The third-order valence-corrected chi connectivity index (χ3v) is 6.18. The number of hydrogen-bond acceptors (Lipinski definition) is 4. The van der Waals surface area contributed by atoms with E-state index in [2.05, 4.69) is 29.3 Å². The van der Waals surface area contributed by atoms with Gasteiger partial charge in [-0.1, -0.05) is 0 Å². The summed E-state index contributed by atoms with van der Waals surface area (Å²) in [6.07, 6.45) is 6.37. The van der Waals surface area contributed by atoms with Crippen LogP contribution in [0.5, 0.6) is 0 Å². The van der Waals surface area contributed by atoms with Crippen molar-refractivity contribution >= 4 is 11.8 Å². The Labute approximate surface area is 155 Å². The predicted octanol–water partition coefficient (Wildman–Crippen LogP) is 1.14. The topological polar surface area (TPSA) is 70.5 Å². The Hall–Kier alpha value is -1.89. The van der Waals surface area contributed by atoms with Gasteiger partial charge in [0.1, 0.15) is 6.04 Å².